The van der Waals surface area contributed by atoms with Gasteiger partial charge in [-0.15, -0.1) is 0 Å². The van der Waals surface area contributed by atoms with Gasteiger partial charge in [0.1, 0.15) is 0 Å². The maximum Gasteiger partial charge on any atom is 0.264 e. The molecule has 0 saturated carbocycles. The van der Waals surface area contributed by atoms with E-state index in [-0.39, 0.29) is 12.2 Å². The van der Waals surface area contributed by atoms with Crippen LogP contribution in [0.1, 0.15) is 27.9 Å². The molecule has 0 aromatic heterocycles. The number of hydrogen-bond acceptors (Lipinski definition) is 3. The molecule has 1 unspecified atom stereocenters. The molecule has 5 aromatic carbocycles. The number of carbonyl (C=O) groups excluding carboxylic acids is 2. The van der Waals surface area contributed by atoms with Crippen LogP contribution in [0.3, 0.4) is 0 Å². The van der Waals surface area contributed by atoms with E-state index < -0.39 is 11.5 Å². The van der Waals surface area contributed by atoms with Crippen LogP contribution in [0.5, 0.6) is 0 Å². The number of amides is 1. The molecule has 5 heteroatoms. The van der Waals surface area contributed by atoms with Crippen LogP contribution in [0.25, 0.3) is 21.9 Å². The van der Waals surface area contributed by atoms with Crippen LogP contribution in [-0.2, 0) is 16.9 Å². The summed E-state index contributed by atoms with van der Waals surface area (Å²) in [5, 5.41) is 14.0. The Bertz CT molecular complexity index is 1680. The van der Waals surface area contributed by atoms with Crippen molar-refractivity contribution in [1.82, 2.24) is 0 Å². The predicted molar refractivity (Wildman–Crippen MR) is 154 cm³/mol. The summed E-state index contributed by atoms with van der Waals surface area (Å²) < 4.78 is 0.731. The minimum atomic E-state index is -1.95. The Balaban J connectivity index is 1.30. The summed E-state index contributed by atoms with van der Waals surface area (Å²) in [7, 11) is 0. The standard InChI is InChI=1S/C33H24BrNO3/c34-28-16-17-30-29(19-28)33(38,20-31(36)26-14-12-25(13-15-26)23-6-2-1-3-7-23)32(37)35(30)21-22-10-11-24-8-4-5-9-27(24)18-22/h1-19,38H,20-21H2. The Morgan fingerprint density at radius 3 is 2.21 bits per heavy atom. The molecule has 1 aliphatic rings. The van der Waals surface area contributed by atoms with E-state index in [1.807, 2.05) is 91.0 Å². The number of nitrogens with zero attached hydrogens (tertiary/aromatic N) is 1. The summed E-state index contributed by atoms with van der Waals surface area (Å²) in [6.07, 6.45) is -0.339. The molecule has 0 saturated heterocycles. The van der Waals surface area contributed by atoms with Crippen LogP contribution in [0.4, 0.5) is 5.69 Å². The Hall–Kier alpha value is -4.06. The third-order valence-electron chi connectivity index (χ3n) is 7.18. The lowest BCUT2D eigenvalue weighted by atomic mass is 9.88. The predicted octanol–water partition coefficient (Wildman–Crippen LogP) is 7.28. The maximum atomic E-state index is 13.8. The van der Waals surface area contributed by atoms with Crippen molar-refractivity contribution in [3.05, 3.63) is 136 Å². The van der Waals surface area contributed by atoms with Gasteiger partial charge in [0.25, 0.3) is 5.91 Å². The van der Waals surface area contributed by atoms with Crippen LogP contribution in [-0.4, -0.2) is 16.8 Å². The molecule has 1 aliphatic heterocycles. The number of halogens is 1. The highest BCUT2D eigenvalue weighted by Crippen LogP contribution is 2.45. The summed E-state index contributed by atoms with van der Waals surface area (Å²) in [6.45, 7) is 0.292. The van der Waals surface area contributed by atoms with Gasteiger partial charge in [-0.3, -0.25) is 9.59 Å². The van der Waals surface area contributed by atoms with E-state index >= 15 is 0 Å². The molecule has 186 valence electrons. The van der Waals surface area contributed by atoms with Crippen molar-refractivity contribution in [2.45, 2.75) is 18.6 Å². The molecule has 5 aromatic rings. The zero-order chi connectivity index (χ0) is 26.3. The lowest BCUT2D eigenvalue weighted by Gasteiger charge is -2.23. The van der Waals surface area contributed by atoms with Gasteiger partial charge in [0, 0.05) is 15.6 Å². The van der Waals surface area contributed by atoms with Crippen molar-refractivity contribution < 1.29 is 14.7 Å². The van der Waals surface area contributed by atoms with E-state index in [1.54, 1.807) is 23.1 Å². The highest BCUT2D eigenvalue weighted by atomic mass is 79.9. The Kier molecular flexibility index (Phi) is 6.18. The van der Waals surface area contributed by atoms with E-state index in [0.29, 0.717) is 23.4 Å². The first-order valence-electron chi connectivity index (χ1n) is 12.4. The summed E-state index contributed by atoms with van der Waals surface area (Å²) in [4.78, 5) is 28.7. The van der Waals surface area contributed by atoms with E-state index in [2.05, 4.69) is 22.0 Å². The number of ketones is 1. The fraction of sp³-hybridized carbons (Fsp3) is 0.0909. The number of hydrogen-bond donors (Lipinski definition) is 1. The van der Waals surface area contributed by atoms with E-state index in [4.69, 9.17) is 0 Å². The van der Waals surface area contributed by atoms with Gasteiger partial charge in [0.05, 0.1) is 18.7 Å². The summed E-state index contributed by atoms with van der Waals surface area (Å²) in [6, 6.07) is 36.7. The number of aliphatic hydroxyl groups is 1. The van der Waals surface area contributed by atoms with Gasteiger partial charge in [-0.2, -0.15) is 0 Å². The fourth-order valence-corrected chi connectivity index (χ4v) is 5.54. The number of rotatable bonds is 6. The number of benzene rings is 5. The van der Waals surface area contributed by atoms with Crippen molar-refractivity contribution in [1.29, 1.82) is 0 Å². The Morgan fingerprint density at radius 2 is 1.45 bits per heavy atom. The molecule has 0 spiro atoms. The van der Waals surface area contributed by atoms with Crippen molar-refractivity contribution in [2.24, 2.45) is 0 Å². The largest absolute Gasteiger partial charge is 0.375 e. The molecule has 0 aliphatic carbocycles. The third kappa shape index (κ3) is 4.34. The van der Waals surface area contributed by atoms with Crippen molar-refractivity contribution in [3.63, 3.8) is 0 Å². The number of Topliss-reactive ketones (excluding diaryl/α,β-unsaturated/α-hetero) is 1. The quantitative estimate of drug-likeness (QED) is 0.222. The number of fused-ring (bicyclic) bond motifs is 2. The molecule has 0 fully saturated rings. The van der Waals surface area contributed by atoms with Gasteiger partial charge in [0.15, 0.2) is 11.4 Å². The molecule has 1 amide bonds. The maximum absolute atomic E-state index is 13.8. The van der Waals surface area contributed by atoms with Crippen molar-refractivity contribution in [2.75, 3.05) is 4.90 Å². The van der Waals surface area contributed by atoms with E-state index in [9.17, 15) is 14.7 Å². The number of anilines is 1. The van der Waals surface area contributed by atoms with Crippen molar-refractivity contribution in [3.8, 4) is 11.1 Å². The fourth-order valence-electron chi connectivity index (χ4n) is 5.18. The second-order valence-electron chi connectivity index (χ2n) is 9.64. The lowest BCUT2D eigenvalue weighted by Crippen LogP contribution is -2.41. The van der Waals surface area contributed by atoms with Crippen molar-refractivity contribution >= 4 is 44.1 Å². The first-order chi connectivity index (χ1) is 18.4. The van der Waals surface area contributed by atoms with Crippen LogP contribution in [0, 0.1) is 0 Å². The zero-order valence-corrected chi connectivity index (χ0v) is 22.1. The van der Waals surface area contributed by atoms with Crippen LogP contribution in [0.2, 0.25) is 0 Å². The molecular weight excluding hydrogens is 538 g/mol. The average molecular weight is 562 g/mol. The highest BCUT2D eigenvalue weighted by molar-refractivity contribution is 9.10. The topological polar surface area (TPSA) is 57.6 Å². The molecule has 0 bridgehead atoms. The SMILES string of the molecule is O=C(CC1(O)C(=O)N(Cc2ccc3ccccc3c2)c2ccc(Br)cc21)c1ccc(-c2ccccc2)cc1. The van der Waals surface area contributed by atoms with E-state index in [0.717, 1.165) is 31.9 Å². The van der Waals surface area contributed by atoms with Crippen LogP contribution >= 0.6 is 15.9 Å². The molecule has 6 rings (SSSR count). The lowest BCUT2D eigenvalue weighted by molar-refractivity contribution is -0.136. The smallest absolute Gasteiger partial charge is 0.264 e. The summed E-state index contributed by atoms with van der Waals surface area (Å²) in [5.41, 5.74) is 2.54. The van der Waals surface area contributed by atoms with Gasteiger partial charge >= 0.3 is 0 Å². The van der Waals surface area contributed by atoms with Gasteiger partial charge in [0.2, 0.25) is 0 Å². The third-order valence-corrected chi connectivity index (χ3v) is 7.67. The molecule has 1 N–H and O–H groups in total. The van der Waals surface area contributed by atoms with Gasteiger partial charge < -0.3 is 10.0 Å². The minimum absolute atomic E-state index is 0.292. The molecule has 1 heterocycles. The average Bonchev–Trinajstić information content (AvgIpc) is 3.14. The van der Waals surface area contributed by atoms with Crippen LogP contribution in [0.15, 0.2) is 120 Å². The first-order valence-corrected chi connectivity index (χ1v) is 13.2. The molecule has 38 heavy (non-hydrogen) atoms. The molecule has 1 atom stereocenters. The second-order valence-corrected chi connectivity index (χ2v) is 10.6. The summed E-state index contributed by atoms with van der Waals surface area (Å²) in [5.74, 6) is -0.785. The summed E-state index contributed by atoms with van der Waals surface area (Å²) >= 11 is 3.47. The molecular formula is C33H24BrNO3. The van der Waals surface area contributed by atoms with Crippen LogP contribution < -0.4 is 4.90 Å². The minimum Gasteiger partial charge on any atom is -0.375 e. The number of carbonyl (C=O) groups is 2. The Morgan fingerprint density at radius 1 is 0.763 bits per heavy atom. The van der Waals surface area contributed by atoms with Gasteiger partial charge in [-0.05, 0) is 51.7 Å². The Labute approximate surface area is 229 Å². The molecule has 4 nitrogen and oxygen atoms in total. The van der Waals surface area contributed by atoms with E-state index in [1.165, 1.54) is 0 Å². The zero-order valence-electron chi connectivity index (χ0n) is 20.5. The molecule has 0 radical (unpaired) electrons. The second kappa shape index (κ2) is 9.67. The van der Waals surface area contributed by atoms with Gasteiger partial charge in [-0.1, -0.05) is 107 Å². The first kappa shape index (κ1) is 24.3. The normalized spacial score (nSPS) is 16.6. The van der Waals surface area contributed by atoms with Gasteiger partial charge in [-0.25, -0.2) is 0 Å². The highest BCUT2D eigenvalue weighted by Gasteiger charge is 2.51. The monoisotopic (exact) mass is 561 g/mol.